The van der Waals surface area contributed by atoms with Crippen LogP contribution in [0.2, 0.25) is 0 Å². The zero-order valence-corrected chi connectivity index (χ0v) is 11.0. The molecule has 1 aliphatic heterocycles. The molecule has 0 fully saturated rings. The van der Waals surface area contributed by atoms with E-state index in [9.17, 15) is 4.39 Å². The molecular weight excluding hydrogens is 263 g/mol. The van der Waals surface area contributed by atoms with E-state index in [0.29, 0.717) is 18.1 Å². The second kappa shape index (κ2) is 5.14. The average molecular weight is 276 g/mol. The third kappa shape index (κ3) is 2.54. The number of benzene rings is 1. The third-order valence-electron chi connectivity index (χ3n) is 3.01. The van der Waals surface area contributed by atoms with Gasteiger partial charge in [-0.05, 0) is 17.7 Å². The molecule has 0 atom stereocenters. The summed E-state index contributed by atoms with van der Waals surface area (Å²) in [5, 5.41) is 0. The Morgan fingerprint density at radius 1 is 1.32 bits per heavy atom. The Morgan fingerprint density at radius 2 is 2.21 bits per heavy atom. The van der Waals surface area contributed by atoms with Crippen molar-refractivity contribution >= 4 is 17.6 Å². The predicted molar refractivity (Wildman–Crippen MR) is 74.0 cm³/mol. The Morgan fingerprint density at radius 3 is 3.00 bits per heavy atom. The Bertz CT molecular complexity index is 618. The smallest absolute Gasteiger partial charge is 0.148 e. The minimum absolute atomic E-state index is 0.244. The molecule has 0 unspecified atom stereocenters. The van der Waals surface area contributed by atoms with Crippen molar-refractivity contribution < 1.29 is 4.39 Å². The summed E-state index contributed by atoms with van der Waals surface area (Å²) in [5.41, 5.74) is 5.59. The molecule has 98 valence electrons. The number of nitrogens with one attached hydrogen (secondary N) is 1. The number of hydrazine groups is 1. The molecule has 1 aliphatic rings. The van der Waals surface area contributed by atoms with E-state index in [1.807, 2.05) is 6.07 Å². The highest BCUT2D eigenvalue weighted by molar-refractivity contribution is 7.98. The summed E-state index contributed by atoms with van der Waals surface area (Å²) in [6.07, 6.45) is 0.504. The molecule has 3 N–H and O–H groups in total. The molecule has 2 heterocycles. The molecule has 3 rings (SSSR count). The zero-order chi connectivity index (χ0) is 13.2. The number of nitrogens with zero attached hydrogens (tertiary/aromatic N) is 2. The van der Waals surface area contributed by atoms with E-state index in [4.69, 9.17) is 5.84 Å². The van der Waals surface area contributed by atoms with Gasteiger partial charge in [0.25, 0.3) is 0 Å². The average Bonchev–Trinajstić information content (AvgIpc) is 2.86. The molecule has 1 aromatic carbocycles. The number of nitrogens with two attached hydrogens (primary N) is 1. The van der Waals surface area contributed by atoms with Crippen molar-refractivity contribution in [2.45, 2.75) is 17.9 Å². The first-order valence-corrected chi connectivity index (χ1v) is 7.09. The first kappa shape index (κ1) is 12.4. The lowest BCUT2D eigenvalue weighted by molar-refractivity contribution is 0.625. The molecule has 19 heavy (non-hydrogen) atoms. The van der Waals surface area contributed by atoms with Crippen LogP contribution in [0.25, 0.3) is 0 Å². The molecule has 6 heteroatoms. The van der Waals surface area contributed by atoms with E-state index in [0.717, 1.165) is 28.3 Å². The van der Waals surface area contributed by atoms with Gasteiger partial charge in [0.2, 0.25) is 0 Å². The van der Waals surface area contributed by atoms with Crippen molar-refractivity contribution in [3.05, 3.63) is 52.7 Å². The van der Waals surface area contributed by atoms with E-state index >= 15 is 0 Å². The van der Waals surface area contributed by atoms with Crippen molar-refractivity contribution in [2.24, 2.45) is 5.84 Å². The summed E-state index contributed by atoms with van der Waals surface area (Å²) < 4.78 is 13.2. The number of anilines is 1. The summed E-state index contributed by atoms with van der Waals surface area (Å²) in [4.78, 5) is 8.94. The standard InChI is InChI=1S/C13H13FN4S/c14-9-3-1-2-8(4-9)5-12-16-11-7-19-6-10(11)13(17-12)18-15/h1-4H,5-7,15H2,(H,16,17,18). The van der Waals surface area contributed by atoms with Crippen LogP contribution in [-0.4, -0.2) is 9.97 Å². The fourth-order valence-electron chi connectivity index (χ4n) is 2.13. The van der Waals surface area contributed by atoms with Gasteiger partial charge in [-0.25, -0.2) is 20.2 Å². The van der Waals surface area contributed by atoms with Crippen LogP contribution in [0.1, 0.15) is 22.6 Å². The fourth-order valence-corrected chi connectivity index (χ4v) is 3.17. The lowest BCUT2D eigenvalue weighted by atomic mass is 10.1. The highest BCUT2D eigenvalue weighted by Crippen LogP contribution is 2.32. The highest BCUT2D eigenvalue weighted by atomic mass is 32.2. The molecule has 0 amide bonds. The molecular formula is C13H13FN4S. The monoisotopic (exact) mass is 276 g/mol. The van der Waals surface area contributed by atoms with Gasteiger partial charge in [-0.15, -0.1) is 0 Å². The van der Waals surface area contributed by atoms with Gasteiger partial charge < -0.3 is 5.43 Å². The topological polar surface area (TPSA) is 63.8 Å². The number of halogens is 1. The van der Waals surface area contributed by atoms with Crippen LogP contribution in [0.3, 0.4) is 0 Å². The lowest BCUT2D eigenvalue weighted by Gasteiger charge is -2.08. The van der Waals surface area contributed by atoms with E-state index in [1.54, 1.807) is 17.8 Å². The second-order valence-electron chi connectivity index (χ2n) is 4.36. The summed E-state index contributed by atoms with van der Waals surface area (Å²) in [6, 6.07) is 6.48. The molecule has 0 spiro atoms. The van der Waals surface area contributed by atoms with Crippen molar-refractivity contribution in [1.82, 2.24) is 9.97 Å². The van der Waals surface area contributed by atoms with Gasteiger partial charge in [-0.3, -0.25) is 0 Å². The number of hydrogen-bond donors (Lipinski definition) is 2. The van der Waals surface area contributed by atoms with Crippen LogP contribution in [0.5, 0.6) is 0 Å². The maximum atomic E-state index is 13.2. The van der Waals surface area contributed by atoms with Crippen LogP contribution in [0.4, 0.5) is 10.2 Å². The molecule has 0 radical (unpaired) electrons. The molecule has 4 nitrogen and oxygen atoms in total. The minimum atomic E-state index is -0.244. The molecule has 0 saturated carbocycles. The van der Waals surface area contributed by atoms with Gasteiger partial charge in [-0.1, -0.05) is 12.1 Å². The van der Waals surface area contributed by atoms with Crippen LogP contribution in [0.15, 0.2) is 24.3 Å². The largest absolute Gasteiger partial charge is 0.308 e. The van der Waals surface area contributed by atoms with Crippen molar-refractivity contribution in [3.63, 3.8) is 0 Å². The summed E-state index contributed by atoms with van der Waals surface area (Å²) in [5.74, 6) is 8.37. The maximum absolute atomic E-state index is 13.2. The predicted octanol–water partition coefficient (Wildman–Crippen LogP) is 2.24. The SMILES string of the molecule is NNc1nc(Cc2cccc(F)c2)nc2c1CSC2. The number of fused-ring (bicyclic) bond motifs is 1. The van der Waals surface area contributed by atoms with Crippen LogP contribution < -0.4 is 11.3 Å². The summed E-state index contributed by atoms with van der Waals surface area (Å²) >= 11 is 1.79. The van der Waals surface area contributed by atoms with Gasteiger partial charge in [-0.2, -0.15) is 11.8 Å². The second-order valence-corrected chi connectivity index (χ2v) is 5.34. The van der Waals surface area contributed by atoms with Crippen LogP contribution in [-0.2, 0) is 17.9 Å². The number of aromatic nitrogens is 2. The van der Waals surface area contributed by atoms with Crippen molar-refractivity contribution in [1.29, 1.82) is 0 Å². The Balaban J connectivity index is 1.93. The first-order chi connectivity index (χ1) is 9.26. The highest BCUT2D eigenvalue weighted by Gasteiger charge is 2.19. The van der Waals surface area contributed by atoms with Crippen molar-refractivity contribution in [3.8, 4) is 0 Å². The maximum Gasteiger partial charge on any atom is 0.148 e. The summed E-state index contributed by atoms with van der Waals surface area (Å²) in [6.45, 7) is 0. The van der Waals surface area contributed by atoms with Crippen molar-refractivity contribution in [2.75, 3.05) is 5.43 Å². The Labute approximate surface area is 114 Å². The van der Waals surface area contributed by atoms with E-state index in [2.05, 4.69) is 15.4 Å². The molecule has 0 aliphatic carbocycles. The van der Waals surface area contributed by atoms with E-state index in [-0.39, 0.29) is 5.82 Å². The number of rotatable bonds is 3. The quantitative estimate of drug-likeness (QED) is 0.665. The fraction of sp³-hybridized carbons (Fsp3) is 0.231. The van der Waals surface area contributed by atoms with Gasteiger partial charge in [0.1, 0.15) is 17.5 Å². The first-order valence-electron chi connectivity index (χ1n) is 5.94. The Hall–Kier alpha value is -1.66. The van der Waals surface area contributed by atoms with Crippen LogP contribution >= 0.6 is 11.8 Å². The molecule has 0 saturated heterocycles. The van der Waals surface area contributed by atoms with E-state index in [1.165, 1.54) is 12.1 Å². The lowest BCUT2D eigenvalue weighted by Crippen LogP contribution is -2.14. The van der Waals surface area contributed by atoms with Gasteiger partial charge in [0.15, 0.2) is 0 Å². The number of hydrogen-bond acceptors (Lipinski definition) is 5. The molecule has 1 aromatic heterocycles. The third-order valence-corrected chi connectivity index (χ3v) is 3.98. The Kier molecular flexibility index (Phi) is 3.35. The van der Waals surface area contributed by atoms with Crippen LogP contribution in [0, 0.1) is 5.82 Å². The van der Waals surface area contributed by atoms with Gasteiger partial charge >= 0.3 is 0 Å². The van der Waals surface area contributed by atoms with E-state index < -0.39 is 0 Å². The number of nitrogen functional groups attached to an aromatic ring is 1. The van der Waals surface area contributed by atoms with Gasteiger partial charge in [0, 0.05) is 23.5 Å². The molecule has 0 bridgehead atoms. The summed E-state index contributed by atoms with van der Waals surface area (Å²) in [7, 11) is 0. The molecule has 2 aromatic rings. The zero-order valence-electron chi connectivity index (χ0n) is 10.2. The normalized spacial score (nSPS) is 13.4. The number of thioether (sulfide) groups is 1. The van der Waals surface area contributed by atoms with Gasteiger partial charge in [0.05, 0.1) is 5.69 Å². The minimum Gasteiger partial charge on any atom is -0.308 e.